The average Bonchev–Trinajstić information content (AvgIpc) is 3.04. The molecule has 0 unspecified atom stereocenters. The third-order valence-electron chi connectivity index (χ3n) is 3.03. The van der Waals surface area contributed by atoms with Crippen molar-refractivity contribution >= 4 is 22.6 Å². The van der Waals surface area contributed by atoms with Crippen molar-refractivity contribution in [1.29, 1.82) is 0 Å². The van der Waals surface area contributed by atoms with Gasteiger partial charge in [-0.25, -0.2) is 0 Å². The topological polar surface area (TPSA) is 73.6 Å². The van der Waals surface area contributed by atoms with Crippen LogP contribution in [0.25, 0.3) is 10.9 Å². The number of nitrogens with one attached hydrogen (secondary N) is 3. The molecule has 2 heterocycles. The lowest BCUT2D eigenvalue weighted by Crippen LogP contribution is -2.12. The van der Waals surface area contributed by atoms with Crippen LogP contribution in [0, 0.1) is 0 Å². The average molecular weight is 254 g/mol. The standard InChI is InChI=1S/C14H14N4O/c1-2-10-8-13(18-17-10)16-14(19)12-7-9-5-3-4-6-11(9)15-12/h3-8,15H,2H2,1H3,(H2,16,17,18,19). The minimum Gasteiger partial charge on any atom is -0.351 e. The molecule has 5 nitrogen and oxygen atoms in total. The molecule has 0 saturated heterocycles. The molecule has 19 heavy (non-hydrogen) atoms. The molecule has 2 aromatic heterocycles. The Bertz CT molecular complexity index is 693. The molecule has 0 aliphatic carbocycles. The van der Waals surface area contributed by atoms with E-state index in [0.717, 1.165) is 23.0 Å². The summed E-state index contributed by atoms with van der Waals surface area (Å²) < 4.78 is 0. The van der Waals surface area contributed by atoms with E-state index in [1.807, 2.05) is 43.3 Å². The monoisotopic (exact) mass is 254 g/mol. The normalized spacial score (nSPS) is 10.8. The number of aryl methyl sites for hydroxylation is 1. The molecule has 0 aliphatic rings. The van der Waals surface area contributed by atoms with Gasteiger partial charge in [0.15, 0.2) is 5.82 Å². The molecule has 3 aromatic rings. The van der Waals surface area contributed by atoms with Crippen molar-refractivity contribution in [3.05, 3.63) is 47.8 Å². The number of anilines is 1. The number of hydrogen-bond donors (Lipinski definition) is 3. The van der Waals surface area contributed by atoms with Crippen molar-refractivity contribution in [3.63, 3.8) is 0 Å². The first-order valence-electron chi connectivity index (χ1n) is 6.19. The van der Waals surface area contributed by atoms with Gasteiger partial charge in [0, 0.05) is 22.7 Å². The van der Waals surface area contributed by atoms with Crippen LogP contribution in [0.5, 0.6) is 0 Å². The van der Waals surface area contributed by atoms with Crippen molar-refractivity contribution in [2.45, 2.75) is 13.3 Å². The highest BCUT2D eigenvalue weighted by Gasteiger charge is 2.11. The first-order valence-corrected chi connectivity index (χ1v) is 6.19. The van der Waals surface area contributed by atoms with Gasteiger partial charge in [-0.1, -0.05) is 25.1 Å². The van der Waals surface area contributed by atoms with Gasteiger partial charge in [-0.15, -0.1) is 0 Å². The van der Waals surface area contributed by atoms with E-state index in [-0.39, 0.29) is 5.91 Å². The van der Waals surface area contributed by atoms with Crippen molar-refractivity contribution in [3.8, 4) is 0 Å². The predicted octanol–water partition coefficient (Wildman–Crippen LogP) is 2.71. The number of benzene rings is 1. The van der Waals surface area contributed by atoms with Gasteiger partial charge in [0.05, 0.1) is 0 Å². The van der Waals surface area contributed by atoms with Gasteiger partial charge in [-0.05, 0) is 18.6 Å². The molecule has 0 radical (unpaired) electrons. The van der Waals surface area contributed by atoms with E-state index < -0.39 is 0 Å². The molecule has 3 rings (SSSR count). The summed E-state index contributed by atoms with van der Waals surface area (Å²) in [5.74, 6) is 0.353. The molecular formula is C14H14N4O. The maximum absolute atomic E-state index is 12.1. The lowest BCUT2D eigenvalue weighted by atomic mass is 10.2. The van der Waals surface area contributed by atoms with Crippen molar-refractivity contribution in [2.24, 2.45) is 0 Å². The molecule has 1 aromatic carbocycles. The molecule has 1 amide bonds. The van der Waals surface area contributed by atoms with E-state index in [2.05, 4.69) is 20.5 Å². The highest BCUT2D eigenvalue weighted by molar-refractivity contribution is 6.05. The Kier molecular flexibility index (Phi) is 2.79. The number of aromatic nitrogens is 3. The SMILES string of the molecule is CCc1cc(NC(=O)c2cc3ccccc3[nH]2)n[nH]1. The summed E-state index contributed by atoms with van der Waals surface area (Å²) in [6.45, 7) is 2.02. The summed E-state index contributed by atoms with van der Waals surface area (Å²) >= 11 is 0. The summed E-state index contributed by atoms with van der Waals surface area (Å²) in [7, 11) is 0. The van der Waals surface area contributed by atoms with Crippen LogP contribution in [0.3, 0.4) is 0 Å². The van der Waals surface area contributed by atoms with E-state index in [1.165, 1.54) is 0 Å². The van der Waals surface area contributed by atoms with Crippen molar-refractivity contribution in [1.82, 2.24) is 15.2 Å². The Morgan fingerprint density at radius 3 is 2.89 bits per heavy atom. The summed E-state index contributed by atoms with van der Waals surface area (Å²) in [6.07, 6.45) is 0.856. The molecule has 0 aliphatic heterocycles. The van der Waals surface area contributed by atoms with E-state index in [1.54, 1.807) is 0 Å². The molecule has 0 fully saturated rings. The summed E-state index contributed by atoms with van der Waals surface area (Å²) in [5.41, 5.74) is 2.47. The van der Waals surface area contributed by atoms with Gasteiger partial charge in [-0.2, -0.15) is 5.10 Å². The van der Waals surface area contributed by atoms with Crippen LogP contribution in [0.2, 0.25) is 0 Å². The number of H-pyrrole nitrogens is 2. The van der Waals surface area contributed by atoms with Gasteiger partial charge in [-0.3, -0.25) is 9.89 Å². The fourth-order valence-electron chi connectivity index (χ4n) is 1.99. The number of carbonyl (C=O) groups is 1. The lowest BCUT2D eigenvalue weighted by molar-refractivity contribution is 0.102. The zero-order valence-electron chi connectivity index (χ0n) is 10.5. The maximum Gasteiger partial charge on any atom is 0.273 e. The summed E-state index contributed by atoms with van der Waals surface area (Å²) in [6, 6.07) is 11.4. The number of hydrogen-bond acceptors (Lipinski definition) is 2. The molecule has 0 bridgehead atoms. The van der Waals surface area contributed by atoms with E-state index >= 15 is 0 Å². The smallest absolute Gasteiger partial charge is 0.273 e. The van der Waals surface area contributed by atoms with Crippen LogP contribution in [-0.2, 0) is 6.42 Å². The van der Waals surface area contributed by atoms with Crippen molar-refractivity contribution in [2.75, 3.05) is 5.32 Å². The first-order chi connectivity index (χ1) is 9.26. The third kappa shape index (κ3) is 2.22. The van der Waals surface area contributed by atoms with Crippen LogP contribution in [0.4, 0.5) is 5.82 Å². The molecule has 5 heteroatoms. The molecule has 3 N–H and O–H groups in total. The van der Waals surface area contributed by atoms with Gasteiger partial charge in [0.1, 0.15) is 5.69 Å². The van der Waals surface area contributed by atoms with Crippen LogP contribution < -0.4 is 5.32 Å². The molecule has 0 spiro atoms. The van der Waals surface area contributed by atoms with Crippen molar-refractivity contribution < 1.29 is 4.79 Å². The van der Waals surface area contributed by atoms with Gasteiger partial charge >= 0.3 is 0 Å². The van der Waals surface area contributed by atoms with E-state index in [4.69, 9.17) is 0 Å². The molecule has 0 saturated carbocycles. The second kappa shape index (κ2) is 4.61. The van der Waals surface area contributed by atoms with Crippen LogP contribution in [0.15, 0.2) is 36.4 Å². The van der Waals surface area contributed by atoms with Gasteiger partial charge < -0.3 is 10.3 Å². The van der Waals surface area contributed by atoms with Crippen LogP contribution >= 0.6 is 0 Å². The Morgan fingerprint density at radius 2 is 2.16 bits per heavy atom. The largest absolute Gasteiger partial charge is 0.351 e. The number of aromatic amines is 2. The Labute approximate surface area is 110 Å². The highest BCUT2D eigenvalue weighted by atomic mass is 16.1. The number of rotatable bonds is 3. The Morgan fingerprint density at radius 1 is 1.32 bits per heavy atom. The summed E-state index contributed by atoms with van der Waals surface area (Å²) in [4.78, 5) is 15.2. The zero-order chi connectivity index (χ0) is 13.2. The minimum absolute atomic E-state index is 0.189. The Balaban J connectivity index is 1.83. The first kappa shape index (κ1) is 11.5. The van der Waals surface area contributed by atoms with Crippen LogP contribution in [-0.4, -0.2) is 21.1 Å². The zero-order valence-corrected chi connectivity index (χ0v) is 10.5. The van der Waals surface area contributed by atoms with Crippen LogP contribution in [0.1, 0.15) is 23.1 Å². The number of carbonyl (C=O) groups excluding carboxylic acids is 1. The fourth-order valence-corrected chi connectivity index (χ4v) is 1.99. The second-order valence-corrected chi connectivity index (χ2v) is 4.36. The number of nitrogens with zero attached hydrogens (tertiary/aromatic N) is 1. The minimum atomic E-state index is -0.189. The lowest BCUT2D eigenvalue weighted by Gasteiger charge is -1.97. The molecular weight excluding hydrogens is 240 g/mol. The fraction of sp³-hybridized carbons (Fsp3) is 0.143. The Hall–Kier alpha value is -2.56. The number of fused-ring (bicyclic) bond motifs is 1. The quantitative estimate of drug-likeness (QED) is 0.672. The molecule has 0 atom stereocenters. The van der Waals surface area contributed by atoms with Gasteiger partial charge in [0.25, 0.3) is 5.91 Å². The highest BCUT2D eigenvalue weighted by Crippen LogP contribution is 2.15. The predicted molar refractivity (Wildman–Crippen MR) is 74.2 cm³/mol. The second-order valence-electron chi connectivity index (χ2n) is 4.36. The van der Waals surface area contributed by atoms with Gasteiger partial charge in [0.2, 0.25) is 0 Å². The van der Waals surface area contributed by atoms with E-state index in [9.17, 15) is 4.79 Å². The van der Waals surface area contributed by atoms with E-state index in [0.29, 0.717) is 11.5 Å². The third-order valence-corrected chi connectivity index (χ3v) is 3.03. The summed E-state index contributed by atoms with van der Waals surface area (Å²) in [5, 5.41) is 10.7. The maximum atomic E-state index is 12.1. The number of amides is 1. The number of para-hydroxylation sites is 1. The molecule has 96 valence electrons.